The number of aryl methyl sites for hydroxylation is 1. The van der Waals surface area contributed by atoms with Crippen LogP contribution in [0.25, 0.3) is 10.2 Å². The van der Waals surface area contributed by atoms with E-state index in [1.54, 1.807) is 11.3 Å². The van der Waals surface area contributed by atoms with Gasteiger partial charge in [-0.15, -0.1) is 11.3 Å². The molecule has 1 N–H and O–H groups in total. The van der Waals surface area contributed by atoms with Crippen LogP contribution in [-0.4, -0.2) is 21.7 Å². The standard InChI is InChI=1S/C11H10Cl2N2OS/c12-9-8-6-3-5(4-16)1-2-7(6)17-10(8)15-11(13)14-9/h5,16H,1-4H2/t5-/m1/s1. The van der Waals surface area contributed by atoms with Crippen LogP contribution < -0.4 is 0 Å². The van der Waals surface area contributed by atoms with Crippen molar-refractivity contribution in [3.63, 3.8) is 0 Å². The Morgan fingerprint density at radius 2 is 2.18 bits per heavy atom. The van der Waals surface area contributed by atoms with Crippen molar-refractivity contribution in [2.24, 2.45) is 5.92 Å². The van der Waals surface area contributed by atoms with Crippen molar-refractivity contribution in [3.05, 3.63) is 20.9 Å². The molecule has 0 aromatic carbocycles. The maximum Gasteiger partial charge on any atom is 0.225 e. The third-order valence-electron chi connectivity index (χ3n) is 3.19. The Labute approximate surface area is 112 Å². The lowest BCUT2D eigenvalue weighted by molar-refractivity contribution is 0.214. The van der Waals surface area contributed by atoms with Crippen molar-refractivity contribution in [1.82, 2.24) is 9.97 Å². The van der Waals surface area contributed by atoms with E-state index < -0.39 is 0 Å². The number of aliphatic hydroxyl groups is 1. The molecule has 2 aromatic rings. The SMILES string of the molecule is OC[C@@H]1CCc2sc3nc(Cl)nc(Cl)c3c2C1. The minimum absolute atomic E-state index is 0.194. The van der Waals surface area contributed by atoms with Crippen molar-refractivity contribution >= 4 is 44.8 Å². The Morgan fingerprint density at radius 1 is 1.35 bits per heavy atom. The van der Waals surface area contributed by atoms with E-state index in [9.17, 15) is 5.11 Å². The van der Waals surface area contributed by atoms with Gasteiger partial charge in [-0.25, -0.2) is 9.97 Å². The number of aliphatic hydroxyl groups excluding tert-OH is 1. The highest BCUT2D eigenvalue weighted by atomic mass is 35.5. The molecule has 0 amide bonds. The largest absolute Gasteiger partial charge is 0.396 e. The first kappa shape index (κ1) is 11.7. The molecule has 1 aliphatic carbocycles. The summed E-state index contributed by atoms with van der Waals surface area (Å²) in [5.41, 5.74) is 1.21. The molecule has 1 atom stereocenters. The quantitative estimate of drug-likeness (QED) is 0.648. The number of aromatic nitrogens is 2. The Hall–Kier alpha value is -0.420. The summed E-state index contributed by atoms with van der Waals surface area (Å²) in [7, 11) is 0. The molecule has 0 saturated heterocycles. The van der Waals surface area contributed by atoms with E-state index in [1.165, 1.54) is 10.4 Å². The number of thiophene rings is 1. The summed E-state index contributed by atoms with van der Waals surface area (Å²) in [5.74, 6) is 0.326. The fourth-order valence-corrected chi connectivity index (χ4v) is 4.15. The molecule has 2 aromatic heterocycles. The Kier molecular flexibility index (Phi) is 2.99. The topological polar surface area (TPSA) is 46.0 Å². The predicted octanol–water partition coefficient (Wildman–Crippen LogP) is 3.10. The van der Waals surface area contributed by atoms with Gasteiger partial charge in [-0.3, -0.25) is 0 Å². The summed E-state index contributed by atoms with van der Waals surface area (Å²) < 4.78 is 0. The van der Waals surface area contributed by atoms with Crippen LogP contribution in [0, 0.1) is 5.92 Å². The Bertz CT molecular complexity index is 584. The van der Waals surface area contributed by atoms with E-state index in [0.717, 1.165) is 29.5 Å². The molecular formula is C11H10Cl2N2OS. The van der Waals surface area contributed by atoms with E-state index in [-0.39, 0.29) is 11.9 Å². The maximum absolute atomic E-state index is 9.26. The fourth-order valence-electron chi connectivity index (χ4n) is 2.33. The third-order valence-corrected chi connectivity index (χ3v) is 4.82. The summed E-state index contributed by atoms with van der Waals surface area (Å²) >= 11 is 13.6. The van der Waals surface area contributed by atoms with Gasteiger partial charge in [0.15, 0.2) is 0 Å². The zero-order valence-corrected chi connectivity index (χ0v) is 11.2. The van der Waals surface area contributed by atoms with Crippen molar-refractivity contribution in [1.29, 1.82) is 0 Å². The molecule has 0 fully saturated rings. The molecule has 0 saturated carbocycles. The van der Waals surface area contributed by atoms with Crippen LogP contribution in [0.3, 0.4) is 0 Å². The van der Waals surface area contributed by atoms with E-state index in [4.69, 9.17) is 23.2 Å². The van der Waals surface area contributed by atoms with Crippen molar-refractivity contribution in [3.8, 4) is 0 Å². The molecular weight excluding hydrogens is 279 g/mol. The van der Waals surface area contributed by atoms with Crippen molar-refractivity contribution in [2.45, 2.75) is 19.3 Å². The smallest absolute Gasteiger partial charge is 0.225 e. The molecule has 90 valence electrons. The van der Waals surface area contributed by atoms with Gasteiger partial charge in [0.25, 0.3) is 0 Å². The van der Waals surface area contributed by atoms with Gasteiger partial charge in [0.1, 0.15) is 9.98 Å². The summed E-state index contributed by atoms with van der Waals surface area (Å²) in [6.07, 6.45) is 2.86. The van der Waals surface area contributed by atoms with Crippen molar-refractivity contribution < 1.29 is 5.11 Å². The average Bonchev–Trinajstić information content (AvgIpc) is 2.65. The monoisotopic (exact) mass is 288 g/mol. The van der Waals surface area contributed by atoms with Gasteiger partial charge in [-0.1, -0.05) is 11.6 Å². The molecule has 17 heavy (non-hydrogen) atoms. The van der Waals surface area contributed by atoms with Gasteiger partial charge in [0.2, 0.25) is 5.28 Å². The second-order valence-electron chi connectivity index (χ2n) is 4.26. The second-order valence-corrected chi connectivity index (χ2v) is 6.04. The van der Waals surface area contributed by atoms with Crippen LogP contribution in [0.15, 0.2) is 0 Å². The minimum Gasteiger partial charge on any atom is -0.396 e. The first-order valence-corrected chi connectivity index (χ1v) is 7.00. The van der Waals surface area contributed by atoms with Crippen LogP contribution in [-0.2, 0) is 12.8 Å². The number of fused-ring (bicyclic) bond motifs is 3. The molecule has 0 aliphatic heterocycles. The summed E-state index contributed by atoms with van der Waals surface area (Å²) in [4.78, 5) is 10.4. The van der Waals surface area contributed by atoms with Gasteiger partial charge in [0.05, 0.1) is 5.39 Å². The molecule has 3 nitrogen and oxygen atoms in total. The molecule has 2 heterocycles. The third kappa shape index (κ3) is 1.93. The summed E-state index contributed by atoms with van der Waals surface area (Å²) in [5, 5.41) is 10.8. The first-order chi connectivity index (χ1) is 8.19. The Morgan fingerprint density at radius 3 is 2.94 bits per heavy atom. The highest BCUT2D eigenvalue weighted by molar-refractivity contribution is 7.19. The van der Waals surface area contributed by atoms with Crippen LogP contribution in [0.4, 0.5) is 0 Å². The number of rotatable bonds is 1. The molecule has 1 aliphatic rings. The first-order valence-electron chi connectivity index (χ1n) is 5.43. The van der Waals surface area contributed by atoms with E-state index >= 15 is 0 Å². The highest BCUT2D eigenvalue weighted by Gasteiger charge is 2.24. The van der Waals surface area contributed by atoms with Crippen LogP contribution >= 0.6 is 34.5 Å². The normalized spacial score (nSPS) is 19.6. The van der Waals surface area contributed by atoms with Gasteiger partial charge < -0.3 is 5.11 Å². The van der Waals surface area contributed by atoms with Crippen LogP contribution in [0.5, 0.6) is 0 Å². The minimum atomic E-state index is 0.194. The lowest BCUT2D eigenvalue weighted by Gasteiger charge is -2.19. The molecule has 3 rings (SSSR count). The molecule has 0 bridgehead atoms. The number of hydrogen-bond donors (Lipinski definition) is 1. The fraction of sp³-hybridized carbons (Fsp3) is 0.455. The number of nitrogens with zero attached hydrogens (tertiary/aromatic N) is 2. The lowest BCUT2D eigenvalue weighted by Crippen LogP contribution is -2.15. The maximum atomic E-state index is 9.26. The number of halogens is 2. The Balaban J connectivity index is 2.21. The van der Waals surface area contributed by atoms with Crippen LogP contribution in [0.1, 0.15) is 16.9 Å². The van der Waals surface area contributed by atoms with E-state index in [0.29, 0.717) is 11.1 Å². The van der Waals surface area contributed by atoms with Gasteiger partial charge in [-0.05, 0) is 42.3 Å². The average molecular weight is 289 g/mol. The predicted molar refractivity (Wildman–Crippen MR) is 70.0 cm³/mol. The second kappa shape index (κ2) is 4.35. The molecule has 0 radical (unpaired) electrons. The summed E-state index contributed by atoms with van der Waals surface area (Å²) in [6.45, 7) is 0.225. The van der Waals surface area contributed by atoms with E-state index in [1.807, 2.05) is 0 Å². The van der Waals surface area contributed by atoms with Gasteiger partial charge >= 0.3 is 0 Å². The van der Waals surface area contributed by atoms with Crippen LogP contribution in [0.2, 0.25) is 10.4 Å². The van der Waals surface area contributed by atoms with Gasteiger partial charge in [0, 0.05) is 11.5 Å². The zero-order valence-electron chi connectivity index (χ0n) is 8.91. The molecule has 0 unspecified atom stereocenters. The lowest BCUT2D eigenvalue weighted by atomic mass is 9.88. The summed E-state index contributed by atoms with van der Waals surface area (Å²) in [6, 6.07) is 0. The molecule has 6 heteroatoms. The van der Waals surface area contributed by atoms with Crippen molar-refractivity contribution in [2.75, 3.05) is 6.61 Å². The number of hydrogen-bond acceptors (Lipinski definition) is 4. The zero-order chi connectivity index (χ0) is 12.0. The van der Waals surface area contributed by atoms with Gasteiger partial charge in [-0.2, -0.15) is 0 Å². The van der Waals surface area contributed by atoms with E-state index in [2.05, 4.69) is 9.97 Å². The highest BCUT2D eigenvalue weighted by Crippen LogP contribution is 2.40. The molecule has 0 spiro atoms.